The molecule has 1 saturated heterocycles. The molecule has 1 saturated carbocycles. The summed E-state index contributed by atoms with van der Waals surface area (Å²) in [7, 11) is -3.23. The van der Waals surface area contributed by atoms with Crippen LogP contribution in [-0.2, 0) is 21.0 Å². The Morgan fingerprint density at radius 2 is 1.82 bits per heavy atom. The van der Waals surface area contributed by atoms with E-state index in [0.717, 1.165) is 54.7 Å². The molecule has 3 aliphatic rings. The van der Waals surface area contributed by atoms with Crippen LogP contribution in [0.2, 0.25) is 0 Å². The number of nitrogens with zero attached hydrogens (tertiary/aromatic N) is 2. The van der Waals surface area contributed by atoms with E-state index in [1.165, 1.54) is 6.26 Å². The van der Waals surface area contributed by atoms with E-state index in [0.29, 0.717) is 23.9 Å². The summed E-state index contributed by atoms with van der Waals surface area (Å²) in [6, 6.07) is 8.85. The predicted molar refractivity (Wildman–Crippen MR) is 124 cm³/mol. The van der Waals surface area contributed by atoms with Gasteiger partial charge in [0.1, 0.15) is 17.0 Å². The second-order valence-corrected chi connectivity index (χ2v) is 12.2. The summed E-state index contributed by atoms with van der Waals surface area (Å²) < 4.78 is 35.5. The molecule has 2 aromatic rings. The van der Waals surface area contributed by atoms with E-state index in [1.807, 2.05) is 17.9 Å². The highest BCUT2D eigenvalue weighted by atomic mass is 32.2. The third-order valence-corrected chi connectivity index (χ3v) is 8.44. The van der Waals surface area contributed by atoms with Gasteiger partial charge in [-0.15, -0.1) is 0 Å². The zero-order valence-corrected chi connectivity index (χ0v) is 20.2. The summed E-state index contributed by atoms with van der Waals surface area (Å²) in [5.41, 5.74) is 2.20. The number of hydrogen-bond acceptors (Lipinski definition) is 6. The van der Waals surface area contributed by atoms with Gasteiger partial charge in [0.05, 0.1) is 16.8 Å². The highest BCUT2D eigenvalue weighted by Crippen LogP contribution is 2.44. The van der Waals surface area contributed by atoms with Crippen molar-refractivity contribution in [2.75, 3.05) is 19.3 Å². The maximum atomic E-state index is 12.4. The average molecular weight is 471 g/mol. The molecule has 0 N–H and O–H groups in total. The van der Waals surface area contributed by atoms with Crippen molar-refractivity contribution >= 4 is 15.9 Å². The van der Waals surface area contributed by atoms with Gasteiger partial charge in [-0.2, -0.15) is 0 Å². The van der Waals surface area contributed by atoms with Crippen molar-refractivity contribution in [1.82, 2.24) is 9.88 Å². The number of piperidine rings is 1. The maximum absolute atomic E-state index is 12.4. The van der Waals surface area contributed by atoms with Crippen LogP contribution in [-0.4, -0.2) is 54.9 Å². The number of carbonyl (C=O) groups excluding carboxylic acids is 1. The number of hydrogen-bond donors (Lipinski definition) is 0. The molecule has 1 aromatic heterocycles. The Balaban J connectivity index is 1.25. The van der Waals surface area contributed by atoms with Crippen molar-refractivity contribution in [2.24, 2.45) is 5.92 Å². The maximum Gasteiger partial charge on any atom is 0.410 e. The van der Waals surface area contributed by atoms with E-state index in [-0.39, 0.29) is 17.3 Å². The fourth-order valence-electron chi connectivity index (χ4n) is 4.86. The van der Waals surface area contributed by atoms with Gasteiger partial charge in [0.15, 0.2) is 9.84 Å². The Morgan fingerprint density at radius 3 is 2.42 bits per heavy atom. The minimum atomic E-state index is -3.23. The third-order valence-electron chi connectivity index (χ3n) is 7.32. The highest BCUT2D eigenvalue weighted by molar-refractivity contribution is 7.90. The zero-order chi connectivity index (χ0) is 23.4. The lowest BCUT2D eigenvalue weighted by Crippen LogP contribution is -2.48. The summed E-state index contributed by atoms with van der Waals surface area (Å²) in [6.45, 7) is 5.51. The fraction of sp³-hybridized carbons (Fsp3) is 0.520. The molecule has 8 heteroatoms. The largest absolute Gasteiger partial charge is 0.485 e. The lowest BCUT2D eigenvalue weighted by Gasteiger charge is -2.39. The highest BCUT2D eigenvalue weighted by Gasteiger charge is 2.46. The minimum Gasteiger partial charge on any atom is -0.485 e. The summed E-state index contributed by atoms with van der Waals surface area (Å²) in [4.78, 5) is 19.1. The topological polar surface area (TPSA) is 85.8 Å². The van der Waals surface area contributed by atoms with Crippen molar-refractivity contribution in [3.05, 3.63) is 42.1 Å². The van der Waals surface area contributed by atoms with Gasteiger partial charge in [-0.05, 0) is 57.7 Å². The molecule has 0 spiro atoms. The molecular formula is C25H30N2O5S. The minimum absolute atomic E-state index is 0.190. The summed E-state index contributed by atoms with van der Waals surface area (Å²) in [5, 5.41) is 0. The van der Waals surface area contributed by atoms with Crippen LogP contribution < -0.4 is 4.74 Å². The van der Waals surface area contributed by atoms with Crippen molar-refractivity contribution in [3.63, 3.8) is 0 Å². The van der Waals surface area contributed by atoms with Gasteiger partial charge in [0.25, 0.3) is 0 Å². The number of sulfone groups is 1. The average Bonchev–Trinajstić information content (AvgIpc) is 3.39. The normalized spacial score (nSPS) is 24.2. The van der Waals surface area contributed by atoms with Crippen LogP contribution in [0.1, 0.15) is 45.1 Å². The first-order valence-corrected chi connectivity index (χ1v) is 13.4. The first kappa shape index (κ1) is 22.2. The van der Waals surface area contributed by atoms with Crippen molar-refractivity contribution in [1.29, 1.82) is 0 Å². The lowest BCUT2D eigenvalue weighted by molar-refractivity contribution is 0.00192. The third kappa shape index (κ3) is 4.45. The Hall–Kier alpha value is -2.61. The summed E-state index contributed by atoms with van der Waals surface area (Å²) in [5.74, 6) is 1.14. The number of pyridine rings is 1. The van der Waals surface area contributed by atoms with Gasteiger partial charge >= 0.3 is 6.09 Å². The van der Waals surface area contributed by atoms with Crippen molar-refractivity contribution in [2.45, 2.75) is 62.0 Å². The molecule has 2 aliphatic heterocycles. The van der Waals surface area contributed by atoms with Crippen LogP contribution in [0.5, 0.6) is 5.75 Å². The van der Waals surface area contributed by atoms with E-state index in [1.54, 1.807) is 30.5 Å². The number of carbonyl (C=O) groups is 1. The van der Waals surface area contributed by atoms with E-state index in [2.05, 4.69) is 11.9 Å². The van der Waals surface area contributed by atoms with Gasteiger partial charge < -0.3 is 14.4 Å². The summed E-state index contributed by atoms with van der Waals surface area (Å²) >= 11 is 0. The molecule has 1 amide bonds. The quantitative estimate of drug-likeness (QED) is 0.664. The van der Waals surface area contributed by atoms with Gasteiger partial charge in [0, 0.05) is 42.8 Å². The number of likely N-dealkylation sites (tertiary alicyclic amines) is 1. The fourth-order valence-corrected chi connectivity index (χ4v) is 5.50. The van der Waals surface area contributed by atoms with Gasteiger partial charge in [-0.3, -0.25) is 4.98 Å². The Bertz CT molecular complexity index is 1180. The van der Waals surface area contributed by atoms with Crippen molar-refractivity contribution < 1.29 is 22.7 Å². The number of amides is 1. The van der Waals surface area contributed by atoms with Gasteiger partial charge in [-0.25, -0.2) is 13.2 Å². The standard InChI is InChI=1S/C25H30N2O5S/c1-24(10-11-24)32-23(28)27-12-8-19(9-13-27)25(2)15-18-14-21(26-16-22(18)31-25)17-4-6-20(7-5-17)33(3,29)30/h4-7,14,16,19H,8-13,15H2,1-3H3. The molecule has 7 nitrogen and oxygen atoms in total. The van der Waals surface area contributed by atoms with Gasteiger partial charge in [-0.1, -0.05) is 12.1 Å². The molecule has 1 atom stereocenters. The molecule has 1 aliphatic carbocycles. The molecule has 3 heterocycles. The van der Waals surface area contributed by atoms with Gasteiger partial charge in [0.2, 0.25) is 0 Å². The molecule has 0 radical (unpaired) electrons. The molecule has 33 heavy (non-hydrogen) atoms. The number of ether oxygens (including phenoxy) is 2. The number of benzene rings is 1. The molecule has 176 valence electrons. The predicted octanol–water partition coefficient (Wildman–Crippen LogP) is 4.25. The van der Waals surface area contributed by atoms with Crippen LogP contribution in [0, 0.1) is 5.92 Å². The monoisotopic (exact) mass is 470 g/mol. The lowest BCUT2D eigenvalue weighted by atomic mass is 9.79. The smallest absolute Gasteiger partial charge is 0.410 e. The van der Waals surface area contributed by atoms with Crippen LogP contribution >= 0.6 is 0 Å². The Kier molecular flexibility index (Phi) is 5.19. The molecule has 1 unspecified atom stereocenters. The number of fused-ring (bicyclic) bond motifs is 1. The van der Waals surface area contributed by atoms with Crippen LogP contribution in [0.15, 0.2) is 41.4 Å². The Labute approximate surface area is 195 Å². The second-order valence-electron chi connectivity index (χ2n) is 10.1. The van der Waals surface area contributed by atoms with Crippen LogP contribution in [0.3, 0.4) is 0 Å². The van der Waals surface area contributed by atoms with E-state index in [4.69, 9.17) is 9.47 Å². The molecule has 0 bridgehead atoms. The van der Waals surface area contributed by atoms with E-state index >= 15 is 0 Å². The van der Waals surface area contributed by atoms with Crippen LogP contribution in [0.4, 0.5) is 4.79 Å². The number of rotatable bonds is 4. The SMILES string of the molecule is CC1(OC(=O)N2CCC(C3(C)Cc4cc(-c5ccc(S(C)(=O)=O)cc5)ncc4O3)CC2)CC1. The van der Waals surface area contributed by atoms with Crippen molar-refractivity contribution in [3.8, 4) is 17.0 Å². The first-order valence-electron chi connectivity index (χ1n) is 11.5. The molecule has 1 aromatic carbocycles. The Morgan fingerprint density at radius 1 is 1.15 bits per heavy atom. The summed E-state index contributed by atoms with van der Waals surface area (Å²) in [6.07, 6.45) is 7.23. The molecular weight excluding hydrogens is 440 g/mol. The van der Waals surface area contributed by atoms with E-state index in [9.17, 15) is 13.2 Å². The number of aromatic nitrogens is 1. The van der Waals surface area contributed by atoms with E-state index < -0.39 is 9.84 Å². The zero-order valence-electron chi connectivity index (χ0n) is 19.3. The van der Waals surface area contributed by atoms with Crippen LogP contribution in [0.25, 0.3) is 11.3 Å². The second kappa shape index (κ2) is 7.72. The molecule has 5 rings (SSSR count). The molecule has 2 fully saturated rings. The first-order chi connectivity index (χ1) is 15.5.